The molecule has 0 aliphatic carbocycles. The van der Waals surface area contributed by atoms with Gasteiger partial charge in [-0.2, -0.15) is 0 Å². The van der Waals surface area contributed by atoms with Gasteiger partial charge in [-0.1, -0.05) is 13.8 Å². The lowest BCUT2D eigenvalue weighted by Gasteiger charge is -2.17. The summed E-state index contributed by atoms with van der Waals surface area (Å²) in [6, 6.07) is 0. The summed E-state index contributed by atoms with van der Waals surface area (Å²) in [6.07, 6.45) is 5.74. The zero-order valence-corrected chi connectivity index (χ0v) is 7.77. The summed E-state index contributed by atoms with van der Waals surface area (Å²) in [5, 5.41) is 0. The maximum absolute atomic E-state index is 11.2. The topological polar surface area (TPSA) is 17.1 Å². The van der Waals surface area contributed by atoms with Gasteiger partial charge in [-0.05, 0) is 13.8 Å². The summed E-state index contributed by atoms with van der Waals surface area (Å²) < 4.78 is 0. The standard InChI is InChI=1S/C10H16O/c1-6-10(4,5)7-9(11)8(2)3/h1,8H,7H2,2-5H3. The average molecular weight is 152 g/mol. The molecule has 0 aromatic carbocycles. The maximum Gasteiger partial charge on any atom is 0.136 e. The zero-order valence-electron chi connectivity index (χ0n) is 7.77. The second kappa shape index (κ2) is 3.57. The first kappa shape index (κ1) is 10.2. The fraction of sp³-hybridized carbons (Fsp3) is 0.700. The third-order valence-electron chi connectivity index (χ3n) is 1.65. The lowest BCUT2D eigenvalue weighted by atomic mass is 9.85. The minimum absolute atomic E-state index is 0.0997. The molecule has 0 aliphatic rings. The lowest BCUT2D eigenvalue weighted by molar-refractivity contribution is -0.123. The van der Waals surface area contributed by atoms with Crippen molar-refractivity contribution in [3.8, 4) is 12.3 Å². The van der Waals surface area contributed by atoms with Crippen LogP contribution in [0.4, 0.5) is 0 Å². The Bertz CT molecular complexity index is 182. The van der Waals surface area contributed by atoms with Gasteiger partial charge >= 0.3 is 0 Å². The molecule has 0 N–H and O–H groups in total. The number of Topliss-reactive ketones (excluding diaryl/α,β-unsaturated/α-hetero) is 1. The molecule has 0 aliphatic heterocycles. The molecule has 0 radical (unpaired) electrons. The highest BCUT2D eigenvalue weighted by molar-refractivity contribution is 5.81. The summed E-state index contributed by atoms with van der Waals surface area (Å²) in [7, 11) is 0. The Morgan fingerprint density at radius 1 is 1.55 bits per heavy atom. The van der Waals surface area contributed by atoms with Gasteiger partial charge in [0.05, 0.1) is 0 Å². The summed E-state index contributed by atoms with van der Waals surface area (Å²) >= 11 is 0. The van der Waals surface area contributed by atoms with E-state index in [4.69, 9.17) is 6.42 Å². The monoisotopic (exact) mass is 152 g/mol. The molecule has 0 fully saturated rings. The van der Waals surface area contributed by atoms with E-state index in [0.29, 0.717) is 6.42 Å². The molecule has 0 unspecified atom stereocenters. The molecule has 0 spiro atoms. The van der Waals surface area contributed by atoms with E-state index in [1.54, 1.807) is 0 Å². The Labute approximate surface area is 69.2 Å². The average Bonchev–Trinajstić information content (AvgIpc) is 1.87. The second-order valence-corrected chi connectivity index (χ2v) is 3.83. The van der Waals surface area contributed by atoms with Crippen LogP contribution < -0.4 is 0 Å². The van der Waals surface area contributed by atoms with Crippen LogP contribution in [0.1, 0.15) is 34.1 Å². The fourth-order valence-corrected chi connectivity index (χ4v) is 0.691. The van der Waals surface area contributed by atoms with Gasteiger partial charge in [-0.15, -0.1) is 12.3 Å². The van der Waals surface area contributed by atoms with Crippen molar-refractivity contribution in [2.45, 2.75) is 34.1 Å². The SMILES string of the molecule is C#CC(C)(C)CC(=O)C(C)C. The maximum atomic E-state index is 11.2. The van der Waals surface area contributed by atoms with Crippen molar-refractivity contribution < 1.29 is 4.79 Å². The van der Waals surface area contributed by atoms with Gasteiger partial charge < -0.3 is 0 Å². The number of rotatable bonds is 3. The first-order valence-corrected chi connectivity index (χ1v) is 3.89. The number of carbonyl (C=O) groups is 1. The smallest absolute Gasteiger partial charge is 0.136 e. The van der Waals surface area contributed by atoms with Crippen molar-refractivity contribution >= 4 is 5.78 Å². The van der Waals surface area contributed by atoms with Crippen LogP contribution in [0, 0.1) is 23.7 Å². The molecule has 0 saturated heterocycles. The molecule has 0 aromatic rings. The Kier molecular flexibility index (Phi) is 3.32. The Balaban J connectivity index is 4.08. The van der Waals surface area contributed by atoms with Crippen LogP contribution >= 0.6 is 0 Å². The van der Waals surface area contributed by atoms with Crippen LogP contribution in [0.25, 0.3) is 0 Å². The van der Waals surface area contributed by atoms with Crippen molar-refractivity contribution in [1.29, 1.82) is 0 Å². The van der Waals surface area contributed by atoms with Crippen molar-refractivity contribution in [3.05, 3.63) is 0 Å². The number of terminal acetylenes is 1. The van der Waals surface area contributed by atoms with Crippen molar-refractivity contribution in [1.82, 2.24) is 0 Å². The van der Waals surface area contributed by atoms with E-state index in [1.165, 1.54) is 0 Å². The summed E-state index contributed by atoms with van der Waals surface area (Å²) in [5.74, 6) is 2.95. The van der Waals surface area contributed by atoms with E-state index in [0.717, 1.165) is 0 Å². The van der Waals surface area contributed by atoms with Gasteiger partial charge in [-0.25, -0.2) is 0 Å². The number of hydrogen-bond acceptors (Lipinski definition) is 1. The van der Waals surface area contributed by atoms with Crippen LogP contribution in [-0.2, 0) is 4.79 Å². The number of carbonyl (C=O) groups excluding carboxylic acids is 1. The van der Waals surface area contributed by atoms with Gasteiger partial charge in [0, 0.05) is 17.8 Å². The van der Waals surface area contributed by atoms with Gasteiger partial charge in [0.15, 0.2) is 0 Å². The largest absolute Gasteiger partial charge is 0.299 e. The molecule has 0 amide bonds. The molecular formula is C10H16O. The molecule has 0 aromatic heterocycles. The third-order valence-corrected chi connectivity index (χ3v) is 1.65. The van der Waals surface area contributed by atoms with Gasteiger partial charge in [-0.3, -0.25) is 4.79 Å². The van der Waals surface area contributed by atoms with E-state index in [9.17, 15) is 4.79 Å². The molecule has 1 nitrogen and oxygen atoms in total. The molecule has 11 heavy (non-hydrogen) atoms. The van der Waals surface area contributed by atoms with Gasteiger partial charge in [0.25, 0.3) is 0 Å². The predicted molar refractivity (Wildman–Crippen MR) is 47.1 cm³/mol. The Hall–Kier alpha value is -0.770. The minimum Gasteiger partial charge on any atom is -0.299 e. The molecule has 0 rings (SSSR count). The van der Waals surface area contributed by atoms with Crippen LogP contribution in [0.3, 0.4) is 0 Å². The fourth-order valence-electron chi connectivity index (χ4n) is 0.691. The van der Waals surface area contributed by atoms with E-state index < -0.39 is 0 Å². The van der Waals surface area contributed by atoms with E-state index >= 15 is 0 Å². The normalized spacial score (nSPS) is 11.3. The second-order valence-electron chi connectivity index (χ2n) is 3.83. The van der Waals surface area contributed by atoms with E-state index in [2.05, 4.69) is 5.92 Å². The van der Waals surface area contributed by atoms with Crippen LogP contribution in [0.2, 0.25) is 0 Å². The molecule has 0 saturated carbocycles. The van der Waals surface area contributed by atoms with Crippen molar-refractivity contribution in [2.75, 3.05) is 0 Å². The predicted octanol–water partition coefficient (Wildman–Crippen LogP) is 2.26. The zero-order chi connectivity index (χ0) is 9.07. The molecule has 62 valence electrons. The summed E-state index contributed by atoms with van der Waals surface area (Å²) in [4.78, 5) is 11.2. The molecule has 1 heteroatoms. The van der Waals surface area contributed by atoms with Crippen LogP contribution in [0.5, 0.6) is 0 Å². The molecular weight excluding hydrogens is 136 g/mol. The number of ketones is 1. The van der Waals surface area contributed by atoms with Crippen molar-refractivity contribution in [2.24, 2.45) is 11.3 Å². The van der Waals surface area contributed by atoms with Crippen molar-refractivity contribution in [3.63, 3.8) is 0 Å². The highest BCUT2D eigenvalue weighted by Gasteiger charge is 2.20. The van der Waals surface area contributed by atoms with Crippen LogP contribution in [0.15, 0.2) is 0 Å². The number of hydrogen-bond donors (Lipinski definition) is 0. The third kappa shape index (κ3) is 3.83. The van der Waals surface area contributed by atoms with E-state index in [1.807, 2.05) is 27.7 Å². The Morgan fingerprint density at radius 3 is 2.27 bits per heavy atom. The quantitative estimate of drug-likeness (QED) is 0.567. The Morgan fingerprint density at radius 2 is 2.00 bits per heavy atom. The lowest BCUT2D eigenvalue weighted by Crippen LogP contribution is -2.18. The van der Waals surface area contributed by atoms with Gasteiger partial charge in [0.2, 0.25) is 0 Å². The van der Waals surface area contributed by atoms with Gasteiger partial charge in [0.1, 0.15) is 5.78 Å². The summed E-state index contributed by atoms with van der Waals surface area (Å²) in [5.41, 5.74) is -0.276. The highest BCUT2D eigenvalue weighted by Crippen LogP contribution is 2.20. The first-order chi connectivity index (χ1) is 4.89. The van der Waals surface area contributed by atoms with E-state index in [-0.39, 0.29) is 17.1 Å². The molecule has 0 atom stereocenters. The molecule has 0 bridgehead atoms. The first-order valence-electron chi connectivity index (χ1n) is 3.89. The summed E-state index contributed by atoms with van der Waals surface area (Å²) in [6.45, 7) is 7.62. The molecule has 0 heterocycles. The highest BCUT2D eigenvalue weighted by atomic mass is 16.1. The van der Waals surface area contributed by atoms with Crippen LogP contribution in [-0.4, -0.2) is 5.78 Å². The minimum atomic E-state index is -0.276.